The van der Waals surface area contributed by atoms with Crippen molar-refractivity contribution in [3.8, 4) is 11.3 Å². The smallest absolute Gasteiger partial charge is 0.243 e. The molecule has 1 N–H and O–H groups in total. The van der Waals surface area contributed by atoms with Crippen LogP contribution in [-0.2, 0) is 5.41 Å². The fourth-order valence-corrected chi connectivity index (χ4v) is 3.54. The number of nitrogens with zero attached hydrogens (tertiary/aromatic N) is 3. The zero-order valence-electron chi connectivity index (χ0n) is 18.9. The third-order valence-corrected chi connectivity index (χ3v) is 5.19. The van der Waals surface area contributed by atoms with E-state index in [0.717, 1.165) is 44.6 Å². The quantitative estimate of drug-likeness (QED) is 0.417. The molecular formula is C26H28N4O. The first-order valence-corrected chi connectivity index (χ1v) is 10.5. The number of aryl methyl sites for hydroxylation is 3. The molecule has 0 radical (unpaired) electrons. The van der Waals surface area contributed by atoms with E-state index in [0.29, 0.717) is 5.95 Å². The van der Waals surface area contributed by atoms with Crippen molar-refractivity contribution in [1.82, 2.24) is 9.97 Å². The van der Waals surface area contributed by atoms with Gasteiger partial charge in [0.15, 0.2) is 0 Å². The molecule has 4 aromatic rings. The summed E-state index contributed by atoms with van der Waals surface area (Å²) in [6.45, 7) is 12.6. The summed E-state index contributed by atoms with van der Waals surface area (Å²) in [5, 5.41) is 6.35. The minimum absolute atomic E-state index is 0.104. The van der Waals surface area contributed by atoms with Gasteiger partial charge in [-0.3, -0.25) is 0 Å². The lowest BCUT2D eigenvalue weighted by atomic mass is 9.86. The zero-order valence-corrected chi connectivity index (χ0v) is 18.9. The summed E-state index contributed by atoms with van der Waals surface area (Å²) >= 11 is 0. The van der Waals surface area contributed by atoms with Gasteiger partial charge in [0, 0.05) is 28.4 Å². The summed E-state index contributed by atoms with van der Waals surface area (Å²) in [5.41, 5.74) is 9.14. The van der Waals surface area contributed by atoms with Crippen LogP contribution in [0.1, 0.15) is 43.3 Å². The Morgan fingerprint density at radius 1 is 0.839 bits per heavy atom. The maximum atomic E-state index is 6.24. The van der Waals surface area contributed by atoms with Crippen molar-refractivity contribution in [2.24, 2.45) is 5.10 Å². The number of nitrogens with one attached hydrogen (secondary N) is 1. The second-order valence-electron chi connectivity index (χ2n) is 9.02. The summed E-state index contributed by atoms with van der Waals surface area (Å²) < 4.78 is 6.24. The predicted octanol–water partition coefficient (Wildman–Crippen LogP) is 6.04. The van der Waals surface area contributed by atoms with E-state index in [9.17, 15) is 0 Å². The van der Waals surface area contributed by atoms with Gasteiger partial charge in [0.1, 0.15) is 11.3 Å². The summed E-state index contributed by atoms with van der Waals surface area (Å²) in [6.07, 6.45) is 0. The largest absolute Gasteiger partial charge is 0.456 e. The number of hydrogen-bond acceptors (Lipinski definition) is 5. The molecule has 4 rings (SSSR count). The molecule has 2 aromatic carbocycles. The van der Waals surface area contributed by atoms with E-state index >= 15 is 0 Å². The third-order valence-electron chi connectivity index (χ3n) is 5.19. The van der Waals surface area contributed by atoms with Gasteiger partial charge in [0.2, 0.25) is 5.95 Å². The number of aromatic nitrogens is 2. The monoisotopic (exact) mass is 412 g/mol. The third kappa shape index (κ3) is 4.66. The Kier molecular flexibility index (Phi) is 5.36. The summed E-state index contributed by atoms with van der Waals surface area (Å²) in [6, 6.07) is 18.5. The molecule has 0 aliphatic heterocycles. The summed E-state index contributed by atoms with van der Waals surface area (Å²) in [7, 11) is 0. The van der Waals surface area contributed by atoms with Gasteiger partial charge >= 0.3 is 0 Å². The van der Waals surface area contributed by atoms with Crippen LogP contribution in [0.3, 0.4) is 0 Å². The van der Waals surface area contributed by atoms with E-state index in [2.05, 4.69) is 78.5 Å². The van der Waals surface area contributed by atoms with E-state index in [1.807, 2.05) is 38.1 Å². The van der Waals surface area contributed by atoms with E-state index in [-0.39, 0.29) is 5.41 Å². The highest BCUT2D eigenvalue weighted by Crippen LogP contribution is 2.27. The van der Waals surface area contributed by atoms with Crippen LogP contribution in [0, 0.1) is 20.8 Å². The molecule has 0 fully saturated rings. The minimum atomic E-state index is 0.104. The molecule has 0 bridgehead atoms. The summed E-state index contributed by atoms with van der Waals surface area (Å²) in [5.74, 6) is 1.24. The van der Waals surface area contributed by atoms with Crippen molar-refractivity contribution in [1.29, 1.82) is 0 Å². The first kappa shape index (κ1) is 20.8. The molecule has 0 aliphatic carbocycles. The topological polar surface area (TPSA) is 63.3 Å². The lowest BCUT2D eigenvalue weighted by Crippen LogP contribution is -2.11. The first-order valence-electron chi connectivity index (χ1n) is 10.5. The molecule has 158 valence electrons. The van der Waals surface area contributed by atoms with Crippen LogP contribution in [0.15, 0.2) is 64.1 Å². The second kappa shape index (κ2) is 7.99. The van der Waals surface area contributed by atoms with E-state index in [1.54, 1.807) is 0 Å². The highest BCUT2D eigenvalue weighted by atomic mass is 16.3. The molecule has 5 nitrogen and oxygen atoms in total. The van der Waals surface area contributed by atoms with Gasteiger partial charge in [0.05, 0.1) is 5.36 Å². The number of benzene rings is 2. The normalized spacial score (nSPS) is 12.4. The van der Waals surface area contributed by atoms with Gasteiger partial charge in [-0.1, -0.05) is 56.7 Å². The number of hydrogen-bond donors (Lipinski definition) is 1. The van der Waals surface area contributed by atoms with Gasteiger partial charge in [-0.15, -0.1) is 0 Å². The molecule has 0 atom stereocenters. The fraction of sp³-hybridized carbons (Fsp3) is 0.269. The van der Waals surface area contributed by atoms with Gasteiger partial charge in [-0.25, -0.2) is 15.4 Å². The molecule has 0 amide bonds. The Hall–Kier alpha value is -3.47. The maximum Gasteiger partial charge on any atom is 0.243 e. The second-order valence-corrected chi connectivity index (χ2v) is 9.02. The molecule has 2 aromatic heterocycles. The predicted molar refractivity (Wildman–Crippen MR) is 126 cm³/mol. The molecule has 5 heteroatoms. The number of rotatable bonds is 3. The summed E-state index contributed by atoms with van der Waals surface area (Å²) in [4.78, 5) is 8.84. The Morgan fingerprint density at radius 3 is 2.16 bits per heavy atom. The lowest BCUT2D eigenvalue weighted by molar-refractivity contribution is 0.589. The number of fused-ring (bicyclic) bond motifs is 1. The Bertz CT molecular complexity index is 1290. The van der Waals surface area contributed by atoms with Gasteiger partial charge in [-0.2, -0.15) is 5.10 Å². The van der Waals surface area contributed by atoms with Crippen LogP contribution in [0.25, 0.3) is 22.3 Å². The Labute approximate surface area is 182 Å². The maximum absolute atomic E-state index is 6.24. The zero-order chi connectivity index (χ0) is 22.2. The minimum Gasteiger partial charge on any atom is -0.456 e. The average Bonchev–Trinajstić information content (AvgIpc) is 2.71. The van der Waals surface area contributed by atoms with Crippen molar-refractivity contribution in [2.75, 3.05) is 5.43 Å². The van der Waals surface area contributed by atoms with Crippen LogP contribution in [0.2, 0.25) is 0 Å². The van der Waals surface area contributed by atoms with Crippen LogP contribution in [0.5, 0.6) is 0 Å². The average molecular weight is 413 g/mol. The van der Waals surface area contributed by atoms with Crippen molar-refractivity contribution in [2.45, 2.75) is 47.0 Å². The van der Waals surface area contributed by atoms with E-state index in [4.69, 9.17) is 4.42 Å². The highest BCUT2D eigenvalue weighted by molar-refractivity contribution is 5.79. The molecular weight excluding hydrogens is 384 g/mol. The van der Waals surface area contributed by atoms with Crippen LogP contribution >= 0.6 is 0 Å². The Balaban J connectivity index is 1.82. The van der Waals surface area contributed by atoms with Crippen LogP contribution in [0.4, 0.5) is 5.95 Å². The number of anilines is 1. The SMILES string of the molecule is Cc1ccc2oc(-c3ccc(C(C)(C)C)cc3)cc(=NNc3nc(C)cc(C)n3)c2c1. The van der Waals surface area contributed by atoms with Gasteiger partial charge in [-0.05, 0) is 49.9 Å². The molecule has 0 saturated carbocycles. The standard InChI is InChI=1S/C26H28N4O/c1-16-7-12-23-21(13-16)22(29-30-25-27-17(2)14-18(3)28-25)15-24(31-23)19-8-10-20(11-9-19)26(4,5)6/h7-15H,1-6H3,(H,27,28,30). The Morgan fingerprint density at radius 2 is 1.52 bits per heavy atom. The molecule has 0 spiro atoms. The van der Waals surface area contributed by atoms with Crippen molar-refractivity contribution in [3.63, 3.8) is 0 Å². The highest BCUT2D eigenvalue weighted by Gasteiger charge is 2.14. The van der Waals surface area contributed by atoms with Crippen molar-refractivity contribution in [3.05, 3.63) is 82.5 Å². The lowest BCUT2D eigenvalue weighted by Gasteiger charge is -2.19. The molecule has 0 unspecified atom stereocenters. The fourth-order valence-electron chi connectivity index (χ4n) is 3.54. The van der Waals surface area contributed by atoms with E-state index in [1.165, 1.54) is 5.56 Å². The van der Waals surface area contributed by atoms with Crippen LogP contribution in [-0.4, -0.2) is 9.97 Å². The van der Waals surface area contributed by atoms with E-state index < -0.39 is 0 Å². The molecule has 31 heavy (non-hydrogen) atoms. The van der Waals surface area contributed by atoms with Gasteiger partial charge in [0.25, 0.3) is 0 Å². The molecule has 0 saturated heterocycles. The molecule has 0 aliphatic rings. The van der Waals surface area contributed by atoms with Crippen LogP contribution < -0.4 is 10.8 Å². The van der Waals surface area contributed by atoms with Gasteiger partial charge < -0.3 is 4.42 Å². The molecule has 2 heterocycles. The van der Waals surface area contributed by atoms with Crippen molar-refractivity contribution >= 4 is 16.9 Å². The first-order chi connectivity index (χ1) is 14.7. The van der Waals surface area contributed by atoms with Crippen molar-refractivity contribution < 1.29 is 4.42 Å².